The van der Waals surface area contributed by atoms with Crippen LogP contribution in [0.15, 0.2) is 186 Å². The fourth-order valence-corrected chi connectivity index (χ4v) is 8.75. The van der Waals surface area contributed by atoms with Gasteiger partial charge in [-0.3, -0.25) is 0 Å². The van der Waals surface area contributed by atoms with Gasteiger partial charge in [-0.05, 0) is 52.6 Å². The van der Waals surface area contributed by atoms with Crippen molar-refractivity contribution in [2.45, 2.75) is 0 Å². The van der Waals surface area contributed by atoms with E-state index in [1.165, 1.54) is 21.2 Å². The largest absolute Gasteiger partial charge is 0.438 e. The van der Waals surface area contributed by atoms with Crippen molar-refractivity contribution in [2.24, 2.45) is 0 Å². The summed E-state index contributed by atoms with van der Waals surface area (Å²) >= 11 is 1.69. The molecule has 11 rings (SSSR count). The second-order valence-corrected chi connectivity index (χ2v) is 14.9. The normalized spacial score (nSPS) is 11.6. The topological polar surface area (TPSA) is 64.7 Å². The summed E-state index contributed by atoms with van der Waals surface area (Å²) in [5, 5.41) is 4.11. The van der Waals surface area contributed by atoms with Gasteiger partial charge in [-0.2, -0.15) is 4.98 Å². The first-order valence-corrected chi connectivity index (χ1v) is 19.4. The van der Waals surface area contributed by atoms with Crippen LogP contribution < -0.4 is 0 Å². The molecule has 0 aliphatic carbocycles. The first-order chi connectivity index (χ1) is 27.7. The molecule has 0 N–H and O–H groups in total. The molecular weight excluding hydrogens is 705 g/mol. The number of benzene rings is 7. The molecule has 0 bridgehead atoms. The van der Waals surface area contributed by atoms with Gasteiger partial charge >= 0.3 is 0 Å². The summed E-state index contributed by atoms with van der Waals surface area (Å²) in [6.45, 7) is 0. The van der Waals surface area contributed by atoms with Gasteiger partial charge in [-0.1, -0.05) is 152 Å². The molecule has 0 spiro atoms. The predicted octanol–water partition coefficient (Wildman–Crippen LogP) is 13.5. The SMILES string of the molecule is c1ccc(-c2cccc(-c3cccc(-c4nc(-c5cccc(-c6nc(-c7ccccc7)c7c(n6)sc6ccccc67)c5)nc5oc6ccccc6c45)c3)c2)cc1. The first kappa shape index (κ1) is 32.2. The Morgan fingerprint density at radius 2 is 0.857 bits per heavy atom. The molecule has 0 saturated heterocycles. The van der Waals surface area contributed by atoms with E-state index in [1.54, 1.807) is 11.3 Å². The highest BCUT2D eigenvalue weighted by Crippen LogP contribution is 2.41. The van der Waals surface area contributed by atoms with Crippen LogP contribution in [0.25, 0.3) is 110 Å². The van der Waals surface area contributed by atoms with Gasteiger partial charge < -0.3 is 4.42 Å². The molecule has 56 heavy (non-hydrogen) atoms. The van der Waals surface area contributed by atoms with Gasteiger partial charge in [-0.15, -0.1) is 11.3 Å². The van der Waals surface area contributed by atoms with Crippen LogP contribution in [-0.2, 0) is 0 Å². The maximum atomic E-state index is 6.44. The molecule has 7 aromatic carbocycles. The van der Waals surface area contributed by atoms with Gasteiger partial charge in [0.1, 0.15) is 10.4 Å². The number of nitrogens with zero attached hydrogens (tertiary/aromatic N) is 4. The molecule has 0 radical (unpaired) electrons. The minimum Gasteiger partial charge on any atom is -0.438 e. The van der Waals surface area contributed by atoms with Crippen LogP contribution in [0.1, 0.15) is 0 Å². The van der Waals surface area contributed by atoms with Crippen molar-refractivity contribution < 1.29 is 4.42 Å². The average molecular weight is 735 g/mol. The van der Waals surface area contributed by atoms with E-state index in [0.29, 0.717) is 17.4 Å². The molecule has 0 fully saturated rings. The zero-order valence-corrected chi connectivity index (χ0v) is 30.7. The van der Waals surface area contributed by atoms with Gasteiger partial charge in [-0.25, -0.2) is 15.0 Å². The molecule has 5 nitrogen and oxygen atoms in total. The van der Waals surface area contributed by atoms with E-state index in [2.05, 4.69) is 140 Å². The summed E-state index contributed by atoms with van der Waals surface area (Å²) in [6, 6.07) is 62.9. The van der Waals surface area contributed by atoms with Gasteiger partial charge in [0.25, 0.3) is 0 Å². The first-order valence-electron chi connectivity index (χ1n) is 18.5. The van der Waals surface area contributed by atoms with E-state index >= 15 is 0 Å². The Kier molecular flexibility index (Phi) is 7.60. The Morgan fingerprint density at radius 1 is 0.357 bits per heavy atom. The standard InChI is InChI=1S/C50H30N4OS/c1-3-14-31(15-4-1)33-18-11-19-34(28-33)35-20-12-21-36(29-35)46-43-39-24-7-9-26-41(39)55-49(43)53-47(52-46)37-22-13-23-38(30-37)48-51-45(32-16-5-2-6-17-32)44-40-25-8-10-27-42(40)56-50(44)54-48/h1-30H. The molecule has 0 amide bonds. The summed E-state index contributed by atoms with van der Waals surface area (Å²) in [7, 11) is 0. The minimum absolute atomic E-state index is 0.544. The monoisotopic (exact) mass is 734 g/mol. The minimum atomic E-state index is 0.544. The van der Waals surface area contributed by atoms with Crippen LogP contribution in [0, 0.1) is 0 Å². The van der Waals surface area contributed by atoms with Crippen molar-refractivity contribution in [1.29, 1.82) is 0 Å². The Hall–Kier alpha value is -7.28. The molecule has 11 aromatic rings. The summed E-state index contributed by atoms with van der Waals surface area (Å²) < 4.78 is 7.63. The molecule has 4 heterocycles. The number of rotatable bonds is 6. The molecule has 0 unspecified atom stereocenters. The summed E-state index contributed by atoms with van der Waals surface area (Å²) in [4.78, 5) is 21.7. The lowest BCUT2D eigenvalue weighted by atomic mass is 9.96. The highest BCUT2D eigenvalue weighted by atomic mass is 32.1. The van der Waals surface area contributed by atoms with Crippen LogP contribution >= 0.6 is 11.3 Å². The van der Waals surface area contributed by atoms with Gasteiger partial charge in [0, 0.05) is 43.1 Å². The Bertz CT molecular complexity index is 3260. The number of hydrogen-bond acceptors (Lipinski definition) is 6. The molecule has 262 valence electrons. The third-order valence-corrected chi connectivity index (χ3v) is 11.4. The number of aromatic nitrogens is 4. The van der Waals surface area contributed by atoms with Gasteiger partial charge in [0.05, 0.1) is 16.8 Å². The van der Waals surface area contributed by atoms with E-state index in [-0.39, 0.29) is 0 Å². The third-order valence-electron chi connectivity index (χ3n) is 10.3. The van der Waals surface area contributed by atoms with Crippen molar-refractivity contribution in [3.8, 4) is 67.5 Å². The smallest absolute Gasteiger partial charge is 0.231 e. The summed E-state index contributed by atoms with van der Waals surface area (Å²) in [6.07, 6.45) is 0. The lowest BCUT2D eigenvalue weighted by Gasteiger charge is -2.11. The van der Waals surface area contributed by atoms with Crippen molar-refractivity contribution in [3.05, 3.63) is 182 Å². The quantitative estimate of drug-likeness (QED) is 0.170. The molecule has 0 atom stereocenters. The van der Waals surface area contributed by atoms with Crippen LogP contribution in [0.2, 0.25) is 0 Å². The Balaban J connectivity index is 1.06. The molecule has 6 heteroatoms. The fourth-order valence-electron chi connectivity index (χ4n) is 7.67. The zero-order valence-electron chi connectivity index (χ0n) is 29.9. The van der Waals surface area contributed by atoms with Gasteiger partial charge in [0.15, 0.2) is 11.6 Å². The molecular formula is C50H30N4OS. The van der Waals surface area contributed by atoms with Crippen molar-refractivity contribution in [3.63, 3.8) is 0 Å². The predicted molar refractivity (Wildman–Crippen MR) is 230 cm³/mol. The number of thiophene rings is 1. The Morgan fingerprint density at radius 3 is 1.59 bits per heavy atom. The molecule has 0 aliphatic heterocycles. The molecule has 0 aliphatic rings. The second-order valence-electron chi connectivity index (χ2n) is 13.8. The van der Waals surface area contributed by atoms with E-state index in [1.807, 2.05) is 42.5 Å². The zero-order chi connectivity index (χ0) is 37.0. The van der Waals surface area contributed by atoms with Crippen LogP contribution in [0.5, 0.6) is 0 Å². The Labute approximate surface area is 326 Å². The second kappa shape index (κ2) is 13.2. The lowest BCUT2D eigenvalue weighted by Crippen LogP contribution is -1.96. The number of para-hydroxylation sites is 1. The van der Waals surface area contributed by atoms with Crippen molar-refractivity contribution in [2.75, 3.05) is 0 Å². The number of hydrogen-bond donors (Lipinski definition) is 0. The van der Waals surface area contributed by atoms with E-state index in [9.17, 15) is 0 Å². The molecule has 0 saturated carbocycles. The van der Waals surface area contributed by atoms with E-state index in [0.717, 1.165) is 71.3 Å². The van der Waals surface area contributed by atoms with Crippen LogP contribution in [0.4, 0.5) is 0 Å². The highest BCUT2D eigenvalue weighted by Gasteiger charge is 2.20. The van der Waals surface area contributed by atoms with Gasteiger partial charge in [0.2, 0.25) is 5.71 Å². The maximum Gasteiger partial charge on any atom is 0.231 e. The van der Waals surface area contributed by atoms with E-state index < -0.39 is 0 Å². The highest BCUT2D eigenvalue weighted by molar-refractivity contribution is 7.25. The fraction of sp³-hybridized carbons (Fsp3) is 0. The van der Waals surface area contributed by atoms with Crippen molar-refractivity contribution in [1.82, 2.24) is 19.9 Å². The van der Waals surface area contributed by atoms with Crippen LogP contribution in [0.3, 0.4) is 0 Å². The average Bonchev–Trinajstić information content (AvgIpc) is 3.85. The van der Waals surface area contributed by atoms with Crippen LogP contribution in [-0.4, -0.2) is 19.9 Å². The maximum absolute atomic E-state index is 6.44. The lowest BCUT2D eigenvalue weighted by molar-refractivity contribution is 0.653. The third kappa shape index (κ3) is 5.54. The van der Waals surface area contributed by atoms with Crippen molar-refractivity contribution >= 4 is 53.7 Å². The summed E-state index contributed by atoms with van der Waals surface area (Å²) in [5.41, 5.74) is 11.4. The molecule has 4 aromatic heterocycles. The summed E-state index contributed by atoms with van der Waals surface area (Å²) in [5.74, 6) is 1.22. The number of fused-ring (bicyclic) bond motifs is 6. The van der Waals surface area contributed by atoms with E-state index in [4.69, 9.17) is 24.4 Å². The number of furan rings is 1.